The molecule has 9 heteroatoms. The summed E-state index contributed by atoms with van der Waals surface area (Å²) in [5.74, 6) is -0.894. The second-order valence-electron chi connectivity index (χ2n) is 7.26. The number of amides is 1. The lowest BCUT2D eigenvalue weighted by Gasteiger charge is -2.22. The van der Waals surface area contributed by atoms with E-state index in [4.69, 9.17) is 4.74 Å². The Balaban J connectivity index is 2.01. The number of esters is 1. The molecule has 28 heavy (non-hydrogen) atoms. The van der Waals surface area contributed by atoms with Crippen LogP contribution in [0.5, 0.6) is 0 Å². The predicted molar refractivity (Wildman–Crippen MR) is 105 cm³/mol. The van der Waals surface area contributed by atoms with Crippen LogP contribution < -0.4 is 5.32 Å². The third kappa shape index (κ3) is 5.81. The van der Waals surface area contributed by atoms with Gasteiger partial charge in [-0.2, -0.15) is 4.31 Å². The fourth-order valence-corrected chi connectivity index (χ4v) is 4.62. The number of likely N-dealkylation sites (N-methyl/N-ethyl adjacent to an activating group) is 1. The van der Waals surface area contributed by atoms with E-state index in [2.05, 4.69) is 5.32 Å². The van der Waals surface area contributed by atoms with Gasteiger partial charge in [-0.3, -0.25) is 4.79 Å². The fourth-order valence-electron chi connectivity index (χ4n) is 3.42. The Labute approximate surface area is 167 Å². The Morgan fingerprint density at radius 2 is 1.82 bits per heavy atom. The molecule has 0 bridgehead atoms. The van der Waals surface area contributed by atoms with Crippen LogP contribution in [0.1, 0.15) is 62.4 Å². The number of carbonyl (C=O) groups is 2. The van der Waals surface area contributed by atoms with Crippen LogP contribution in [-0.4, -0.2) is 55.4 Å². The number of sulfonamides is 1. The predicted octanol–water partition coefficient (Wildman–Crippen LogP) is 2.05. The van der Waals surface area contributed by atoms with E-state index >= 15 is 0 Å². The molecule has 0 unspecified atom stereocenters. The van der Waals surface area contributed by atoms with Gasteiger partial charge < -0.3 is 14.6 Å². The van der Waals surface area contributed by atoms with Gasteiger partial charge in [0.25, 0.3) is 0 Å². The van der Waals surface area contributed by atoms with Crippen molar-refractivity contribution in [1.29, 1.82) is 0 Å². The zero-order valence-corrected chi connectivity index (χ0v) is 17.8. The van der Waals surface area contributed by atoms with E-state index < -0.39 is 16.0 Å². The summed E-state index contributed by atoms with van der Waals surface area (Å²) in [7, 11) is -0.953. The van der Waals surface area contributed by atoms with Gasteiger partial charge in [-0.25, -0.2) is 13.2 Å². The van der Waals surface area contributed by atoms with Crippen molar-refractivity contribution in [2.45, 2.75) is 62.8 Å². The summed E-state index contributed by atoms with van der Waals surface area (Å²) in [4.78, 5) is 24.2. The summed E-state index contributed by atoms with van der Waals surface area (Å²) in [5.41, 5.74) is 0.146. The van der Waals surface area contributed by atoms with E-state index in [-0.39, 0.29) is 35.7 Å². The Morgan fingerprint density at radius 3 is 2.43 bits per heavy atom. The van der Waals surface area contributed by atoms with Crippen molar-refractivity contribution in [2.24, 2.45) is 7.05 Å². The summed E-state index contributed by atoms with van der Waals surface area (Å²) in [6.07, 6.45) is 8.99. The van der Waals surface area contributed by atoms with Crippen molar-refractivity contribution in [2.75, 3.05) is 20.2 Å². The SMILES string of the molecule is CCOC(=O)c1cc(S(=O)(=O)N(C)CC(=O)NC2CCCCCCC2)cn1C. The molecule has 0 spiro atoms. The van der Waals surface area contributed by atoms with E-state index in [1.54, 1.807) is 14.0 Å². The highest BCUT2D eigenvalue weighted by atomic mass is 32.2. The van der Waals surface area contributed by atoms with Gasteiger partial charge in [0.2, 0.25) is 15.9 Å². The maximum atomic E-state index is 12.8. The lowest BCUT2D eigenvalue weighted by atomic mass is 9.97. The Kier molecular flexibility index (Phi) is 8.06. The van der Waals surface area contributed by atoms with Crippen molar-refractivity contribution >= 4 is 21.9 Å². The highest BCUT2D eigenvalue weighted by Crippen LogP contribution is 2.19. The van der Waals surface area contributed by atoms with Crippen LogP contribution in [0.3, 0.4) is 0 Å². The van der Waals surface area contributed by atoms with Crippen molar-refractivity contribution in [3.8, 4) is 0 Å². The van der Waals surface area contributed by atoms with Gasteiger partial charge in [0, 0.05) is 26.3 Å². The summed E-state index contributed by atoms with van der Waals surface area (Å²) >= 11 is 0. The largest absolute Gasteiger partial charge is 0.461 e. The lowest BCUT2D eigenvalue weighted by Crippen LogP contribution is -2.42. The molecule has 1 aliphatic carbocycles. The molecule has 8 nitrogen and oxygen atoms in total. The first-order valence-electron chi connectivity index (χ1n) is 9.85. The van der Waals surface area contributed by atoms with Crippen LogP contribution in [0.4, 0.5) is 0 Å². The van der Waals surface area contributed by atoms with Gasteiger partial charge in [-0.05, 0) is 25.8 Å². The smallest absolute Gasteiger partial charge is 0.354 e. The highest BCUT2D eigenvalue weighted by Gasteiger charge is 2.27. The number of ether oxygens (including phenoxy) is 1. The average molecular weight is 414 g/mol. The average Bonchev–Trinajstić information content (AvgIpc) is 3.00. The van der Waals surface area contributed by atoms with Gasteiger partial charge >= 0.3 is 5.97 Å². The third-order valence-corrected chi connectivity index (χ3v) is 6.78. The van der Waals surface area contributed by atoms with Crippen molar-refractivity contribution in [3.63, 3.8) is 0 Å². The Hall–Kier alpha value is -1.87. The topological polar surface area (TPSA) is 97.7 Å². The number of rotatable bonds is 7. The van der Waals surface area contributed by atoms with E-state index in [1.807, 2.05) is 0 Å². The maximum Gasteiger partial charge on any atom is 0.354 e. The normalized spacial score (nSPS) is 16.4. The van der Waals surface area contributed by atoms with Crippen LogP contribution in [0.25, 0.3) is 0 Å². The minimum absolute atomic E-state index is 0.0423. The second-order valence-corrected chi connectivity index (χ2v) is 9.31. The molecule has 1 fully saturated rings. The standard InChI is InChI=1S/C19H31N3O5S/c1-4-27-19(24)17-12-16(13-21(17)2)28(25,26)22(3)14-18(23)20-15-10-8-6-5-7-9-11-15/h12-13,15H,4-11,14H2,1-3H3,(H,20,23). The molecule has 1 amide bonds. The van der Waals surface area contributed by atoms with Crippen molar-refractivity contribution < 1.29 is 22.7 Å². The number of aryl methyl sites for hydroxylation is 1. The molecule has 0 radical (unpaired) electrons. The molecule has 1 aliphatic rings. The molecule has 1 heterocycles. The number of carbonyl (C=O) groups excluding carboxylic acids is 2. The summed E-state index contributed by atoms with van der Waals surface area (Å²) < 4.78 is 32.9. The molecule has 1 N–H and O–H groups in total. The quantitative estimate of drug-likeness (QED) is 0.690. The molecular formula is C19H31N3O5S. The minimum Gasteiger partial charge on any atom is -0.461 e. The molecule has 0 atom stereocenters. The molecule has 158 valence electrons. The number of aromatic nitrogens is 1. The summed E-state index contributed by atoms with van der Waals surface area (Å²) in [5, 5.41) is 2.97. The third-order valence-electron chi connectivity index (χ3n) is 5.01. The van der Waals surface area contributed by atoms with Crippen LogP contribution in [0, 0.1) is 0 Å². The van der Waals surface area contributed by atoms with Gasteiger partial charge in [0.1, 0.15) is 10.6 Å². The van der Waals surface area contributed by atoms with Gasteiger partial charge in [-0.15, -0.1) is 0 Å². The van der Waals surface area contributed by atoms with Gasteiger partial charge in [0.15, 0.2) is 0 Å². The lowest BCUT2D eigenvalue weighted by molar-refractivity contribution is -0.122. The molecule has 2 rings (SSSR count). The van der Waals surface area contributed by atoms with Crippen LogP contribution >= 0.6 is 0 Å². The van der Waals surface area contributed by atoms with Crippen LogP contribution in [0.15, 0.2) is 17.2 Å². The number of nitrogens with zero attached hydrogens (tertiary/aromatic N) is 2. The van der Waals surface area contributed by atoms with Gasteiger partial charge in [-0.1, -0.05) is 32.1 Å². The molecule has 1 aromatic heterocycles. The first-order valence-corrected chi connectivity index (χ1v) is 11.3. The molecule has 0 aromatic carbocycles. The van der Waals surface area contributed by atoms with Crippen molar-refractivity contribution in [3.05, 3.63) is 18.0 Å². The number of hydrogen-bond acceptors (Lipinski definition) is 5. The first-order chi connectivity index (χ1) is 13.3. The monoisotopic (exact) mass is 413 g/mol. The van der Waals surface area contributed by atoms with E-state index in [0.29, 0.717) is 0 Å². The molecule has 1 saturated carbocycles. The fraction of sp³-hybridized carbons (Fsp3) is 0.684. The minimum atomic E-state index is -3.89. The Bertz CT molecular complexity index is 779. The summed E-state index contributed by atoms with van der Waals surface area (Å²) in [6.45, 7) is 1.62. The zero-order chi connectivity index (χ0) is 20.7. The van der Waals surface area contributed by atoms with Gasteiger partial charge in [0.05, 0.1) is 13.2 Å². The van der Waals surface area contributed by atoms with Crippen LogP contribution in [0.2, 0.25) is 0 Å². The number of nitrogens with one attached hydrogen (secondary N) is 1. The number of hydrogen-bond donors (Lipinski definition) is 1. The second kappa shape index (κ2) is 10.1. The molecular weight excluding hydrogens is 382 g/mol. The maximum absolute atomic E-state index is 12.8. The molecule has 0 aliphatic heterocycles. The van der Waals surface area contributed by atoms with E-state index in [1.165, 1.54) is 43.1 Å². The Morgan fingerprint density at radius 1 is 1.21 bits per heavy atom. The first kappa shape index (κ1) is 22.4. The zero-order valence-electron chi connectivity index (χ0n) is 16.9. The summed E-state index contributed by atoms with van der Waals surface area (Å²) in [6, 6.07) is 1.38. The van der Waals surface area contributed by atoms with E-state index in [0.717, 1.165) is 30.0 Å². The molecule has 1 aromatic rings. The highest BCUT2D eigenvalue weighted by molar-refractivity contribution is 7.89. The van der Waals surface area contributed by atoms with Crippen LogP contribution in [-0.2, 0) is 26.6 Å². The van der Waals surface area contributed by atoms with Crippen molar-refractivity contribution in [1.82, 2.24) is 14.2 Å². The van der Waals surface area contributed by atoms with E-state index in [9.17, 15) is 18.0 Å². The molecule has 0 saturated heterocycles.